The largest absolute Gasteiger partial charge is 0.493 e. The van der Waals surface area contributed by atoms with Gasteiger partial charge in [-0.25, -0.2) is 0 Å². The number of hydrogen-bond donors (Lipinski definition) is 1. The Morgan fingerprint density at radius 3 is 2.70 bits per heavy atom. The molecule has 0 bridgehead atoms. The number of halogens is 2. The second-order valence-corrected chi connectivity index (χ2v) is 5.24. The fourth-order valence-electron chi connectivity index (χ4n) is 2.45. The van der Waals surface area contributed by atoms with E-state index in [0.717, 1.165) is 31.7 Å². The van der Waals surface area contributed by atoms with Gasteiger partial charge in [-0.3, -0.25) is 4.90 Å². The maximum absolute atomic E-state index is 6.40. The first-order valence-electron chi connectivity index (χ1n) is 6.50. The summed E-state index contributed by atoms with van der Waals surface area (Å²) in [5, 5.41) is 4.08. The van der Waals surface area contributed by atoms with Gasteiger partial charge in [0.15, 0.2) is 11.5 Å². The average Bonchev–Trinajstić information content (AvgIpc) is 2.41. The van der Waals surface area contributed by atoms with E-state index in [1.54, 1.807) is 14.2 Å². The van der Waals surface area contributed by atoms with Crippen molar-refractivity contribution in [2.45, 2.75) is 19.5 Å². The molecule has 0 amide bonds. The molecule has 0 unspecified atom stereocenters. The molecule has 0 spiro atoms. The summed E-state index contributed by atoms with van der Waals surface area (Å²) in [4.78, 5) is 2.40. The molecule has 2 rings (SSSR count). The minimum atomic E-state index is 0. The molecule has 1 atom stereocenters. The Balaban J connectivity index is 0.00000200. The monoisotopic (exact) mass is 320 g/mol. The second kappa shape index (κ2) is 7.93. The lowest BCUT2D eigenvalue weighted by Crippen LogP contribution is -2.48. The van der Waals surface area contributed by atoms with Gasteiger partial charge in [0, 0.05) is 32.2 Å². The second-order valence-electron chi connectivity index (χ2n) is 4.86. The SMILES string of the molecule is COc1ccc(CN2CCN[C@@H](C)C2)c(Cl)c1OC.Cl. The number of benzene rings is 1. The predicted octanol–water partition coefficient (Wildman–Crippen LogP) is 2.57. The fourth-order valence-corrected chi connectivity index (χ4v) is 2.74. The van der Waals surface area contributed by atoms with Gasteiger partial charge < -0.3 is 14.8 Å². The van der Waals surface area contributed by atoms with Gasteiger partial charge >= 0.3 is 0 Å². The van der Waals surface area contributed by atoms with Crippen molar-refractivity contribution in [3.05, 3.63) is 22.7 Å². The van der Waals surface area contributed by atoms with Crippen molar-refractivity contribution in [1.29, 1.82) is 0 Å². The lowest BCUT2D eigenvalue weighted by Gasteiger charge is -2.32. The molecule has 114 valence electrons. The van der Waals surface area contributed by atoms with Crippen LogP contribution < -0.4 is 14.8 Å². The van der Waals surface area contributed by atoms with Crippen LogP contribution in [0.1, 0.15) is 12.5 Å². The predicted molar refractivity (Wildman–Crippen MR) is 84.5 cm³/mol. The lowest BCUT2D eigenvalue weighted by molar-refractivity contribution is 0.199. The maximum atomic E-state index is 6.40. The first-order chi connectivity index (χ1) is 9.15. The molecule has 1 aliphatic heterocycles. The van der Waals surface area contributed by atoms with Crippen LogP contribution in [0.3, 0.4) is 0 Å². The zero-order valence-electron chi connectivity index (χ0n) is 12.1. The summed E-state index contributed by atoms with van der Waals surface area (Å²) >= 11 is 6.40. The quantitative estimate of drug-likeness (QED) is 0.924. The van der Waals surface area contributed by atoms with Crippen molar-refractivity contribution in [1.82, 2.24) is 10.2 Å². The van der Waals surface area contributed by atoms with E-state index in [0.29, 0.717) is 22.6 Å². The van der Waals surface area contributed by atoms with Crippen molar-refractivity contribution < 1.29 is 9.47 Å². The van der Waals surface area contributed by atoms with Gasteiger partial charge in [0.05, 0.1) is 19.2 Å². The van der Waals surface area contributed by atoms with E-state index in [1.165, 1.54) is 0 Å². The lowest BCUT2D eigenvalue weighted by atomic mass is 10.1. The number of nitrogens with zero attached hydrogens (tertiary/aromatic N) is 1. The summed E-state index contributed by atoms with van der Waals surface area (Å²) < 4.78 is 10.6. The van der Waals surface area contributed by atoms with Crippen LogP contribution in [0.15, 0.2) is 12.1 Å². The van der Waals surface area contributed by atoms with Gasteiger partial charge in [-0.1, -0.05) is 17.7 Å². The van der Waals surface area contributed by atoms with Crippen LogP contribution in [-0.4, -0.2) is 44.8 Å². The Labute approximate surface area is 131 Å². The highest BCUT2D eigenvalue weighted by Gasteiger charge is 2.19. The number of ether oxygens (including phenoxy) is 2. The van der Waals surface area contributed by atoms with E-state index in [9.17, 15) is 0 Å². The Bertz CT molecular complexity index is 443. The van der Waals surface area contributed by atoms with Gasteiger partial charge in [-0.15, -0.1) is 12.4 Å². The number of piperazine rings is 1. The Morgan fingerprint density at radius 1 is 1.35 bits per heavy atom. The van der Waals surface area contributed by atoms with Crippen molar-refractivity contribution in [3.8, 4) is 11.5 Å². The number of nitrogens with one attached hydrogen (secondary N) is 1. The average molecular weight is 321 g/mol. The number of rotatable bonds is 4. The molecule has 1 heterocycles. The van der Waals surface area contributed by atoms with Crippen molar-refractivity contribution in [3.63, 3.8) is 0 Å². The van der Waals surface area contributed by atoms with Crippen LogP contribution in [0, 0.1) is 0 Å². The van der Waals surface area contributed by atoms with Gasteiger partial charge in [-0.2, -0.15) is 0 Å². The highest BCUT2D eigenvalue weighted by molar-refractivity contribution is 6.33. The van der Waals surface area contributed by atoms with Crippen LogP contribution in [0.2, 0.25) is 5.02 Å². The van der Waals surface area contributed by atoms with E-state index in [2.05, 4.69) is 17.1 Å². The molecule has 1 saturated heterocycles. The zero-order valence-corrected chi connectivity index (χ0v) is 13.7. The molecule has 1 aliphatic rings. The van der Waals surface area contributed by atoms with Crippen molar-refractivity contribution in [2.24, 2.45) is 0 Å². The molecule has 1 aromatic carbocycles. The van der Waals surface area contributed by atoms with Crippen molar-refractivity contribution >= 4 is 24.0 Å². The van der Waals surface area contributed by atoms with Gasteiger partial charge in [0.25, 0.3) is 0 Å². The number of hydrogen-bond acceptors (Lipinski definition) is 4. The topological polar surface area (TPSA) is 33.7 Å². The third-order valence-corrected chi connectivity index (χ3v) is 3.83. The third-order valence-electron chi connectivity index (χ3n) is 3.41. The number of methoxy groups -OCH3 is 2. The Hall–Kier alpha value is -0.680. The molecular formula is C14H22Cl2N2O2. The summed E-state index contributed by atoms with van der Waals surface area (Å²) in [5.41, 5.74) is 1.08. The molecule has 1 N–H and O–H groups in total. The summed E-state index contributed by atoms with van der Waals surface area (Å²) in [6.07, 6.45) is 0. The molecule has 0 radical (unpaired) electrons. The molecule has 6 heteroatoms. The van der Waals surface area contributed by atoms with Crippen LogP contribution in [-0.2, 0) is 6.54 Å². The van der Waals surface area contributed by atoms with Gasteiger partial charge in [-0.05, 0) is 18.6 Å². The normalized spacial score (nSPS) is 19.3. The Morgan fingerprint density at radius 2 is 2.10 bits per heavy atom. The van der Waals surface area contributed by atoms with Crippen LogP contribution in [0.4, 0.5) is 0 Å². The standard InChI is InChI=1S/C14H21ClN2O2.ClH/c1-10-8-17(7-6-16-10)9-11-4-5-12(18-2)14(19-3)13(11)15;/h4-5,10,16H,6-9H2,1-3H3;1H/t10-;/m0./s1. The molecule has 1 fully saturated rings. The van der Waals surface area contributed by atoms with Crippen molar-refractivity contribution in [2.75, 3.05) is 33.9 Å². The van der Waals surface area contributed by atoms with E-state index >= 15 is 0 Å². The maximum Gasteiger partial charge on any atom is 0.179 e. The zero-order chi connectivity index (χ0) is 13.8. The molecule has 0 aliphatic carbocycles. The first-order valence-corrected chi connectivity index (χ1v) is 6.88. The molecular weight excluding hydrogens is 299 g/mol. The smallest absolute Gasteiger partial charge is 0.179 e. The van der Waals surface area contributed by atoms with E-state index in [-0.39, 0.29) is 12.4 Å². The first kappa shape index (κ1) is 17.4. The van der Waals surface area contributed by atoms with Gasteiger partial charge in [0.1, 0.15) is 0 Å². The van der Waals surface area contributed by atoms with Crippen LogP contribution in [0.5, 0.6) is 11.5 Å². The Kier molecular flexibility index (Phi) is 6.89. The fraction of sp³-hybridized carbons (Fsp3) is 0.571. The summed E-state index contributed by atoms with van der Waals surface area (Å²) in [6, 6.07) is 4.44. The summed E-state index contributed by atoms with van der Waals surface area (Å²) in [7, 11) is 3.23. The van der Waals surface area contributed by atoms with Crippen LogP contribution >= 0.6 is 24.0 Å². The summed E-state index contributed by atoms with van der Waals surface area (Å²) in [6.45, 7) is 6.12. The van der Waals surface area contributed by atoms with Gasteiger partial charge in [0.2, 0.25) is 0 Å². The highest BCUT2D eigenvalue weighted by atomic mass is 35.5. The highest BCUT2D eigenvalue weighted by Crippen LogP contribution is 2.37. The minimum absolute atomic E-state index is 0. The van der Waals surface area contributed by atoms with E-state index < -0.39 is 0 Å². The minimum Gasteiger partial charge on any atom is -0.493 e. The molecule has 20 heavy (non-hydrogen) atoms. The summed E-state index contributed by atoms with van der Waals surface area (Å²) in [5.74, 6) is 1.29. The molecule has 1 aromatic rings. The van der Waals surface area contributed by atoms with E-state index in [1.807, 2.05) is 12.1 Å². The van der Waals surface area contributed by atoms with Crippen LogP contribution in [0.25, 0.3) is 0 Å². The van der Waals surface area contributed by atoms with E-state index in [4.69, 9.17) is 21.1 Å². The molecule has 4 nitrogen and oxygen atoms in total. The molecule has 0 aromatic heterocycles. The third kappa shape index (κ3) is 3.92. The molecule has 0 saturated carbocycles.